The molecule has 1 amide bonds. The fourth-order valence-electron chi connectivity index (χ4n) is 3.67. The molecular formula is C21H26FN3O3S. The second-order valence-electron chi connectivity index (χ2n) is 7.11. The number of amides is 1. The molecule has 0 aliphatic carbocycles. The average Bonchev–Trinajstić information content (AvgIpc) is 2.72. The first-order chi connectivity index (χ1) is 13.8. The van der Waals surface area contributed by atoms with Crippen molar-refractivity contribution in [2.24, 2.45) is 0 Å². The summed E-state index contributed by atoms with van der Waals surface area (Å²) < 4.78 is 39.4. The van der Waals surface area contributed by atoms with E-state index in [9.17, 15) is 17.6 Å². The minimum Gasteiger partial charge on any atom is -0.368 e. The molecule has 0 spiro atoms. The molecule has 0 N–H and O–H groups in total. The van der Waals surface area contributed by atoms with Crippen LogP contribution >= 0.6 is 0 Å². The number of piperazine rings is 1. The van der Waals surface area contributed by atoms with Crippen molar-refractivity contribution >= 4 is 27.3 Å². The molecule has 0 radical (unpaired) electrons. The highest BCUT2D eigenvalue weighted by Crippen LogP contribution is 2.24. The Kier molecular flexibility index (Phi) is 6.42. The number of rotatable bonds is 6. The van der Waals surface area contributed by atoms with E-state index >= 15 is 0 Å². The Labute approximate surface area is 171 Å². The summed E-state index contributed by atoms with van der Waals surface area (Å²) in [5.74, 6) is -0.476. The molecule has 6 nitrogen and oxygen atoms in total. The zero-order valence-corrected chi connectivity index (χ0v) is 17.5. The molecule has 2 aromatic carbocycles. The Morgan fingerprint density at radius 1 is 1.03 bits per heavy atom. The zero-order chi connectivity index (χ0) is 21.0. The number of para-hydroxylation sites is 1. The first-order valence-electron chi connectivity index (χ1n) is 9.65. The van der Waals surface area contributed by atoms with Crippen LogP contribution in [-0.4, -0.2) is 57.7 Å². The summed E-state index contributed by atoms with van der Waals surface area (Å²) in [6, 6.07) is 14.2. The van der Waals surface area contributed by atoms with Crippen LogP contribution in [0.15, 0.2) is 54.6 Å². The molecule has 2 aromatic rings. The van der Waals surface area contributed by atoms with Gasteiger partial charge in [0, 0.05) is 31.9 Å². The molecule has 0 bridgehead atoms. The Hall–Kier alpha value is -2.61. The summed E-state index contributed by atoms with van der Waals surface area (Å²) in [7, 11) is -3.63. The van der Waals surface area contributed by atoms with Gasteiger partial charge >= 0.3 is 0 Å². The number of hydrogen-bond donors (Lipinski definition) is 0. The second kappa shape index (κ2) is 8.82. The van der Waals surface area contributed by atoms with E-state index in [4.69, 9.17) is 0 Å². The molecule has 1 aliphatic rings. The lowest BCUT2D eigenvalue weighted by molar-refractivity contribution is -0.132. The third-order valence-electron chi connectivity index (χ3n) is 5.11. The van der Waals surface area contributed by atoms with Crippen molar-refractivity contribution in [2.45, 2.75) is 19.4 Å². The van der Waals surface area contributed by atoms with Crippen molar-refractivity contribution < 1.29 is 17.6 Å². The van der Waals surface area contributed by atoms with E-state index in [1.165, 1.54) is 16.4 Å². The van der Waals surface area contributed by atoms with Crippen molar-refractivity contribution in [3.05, 3.63) is 60.4 Å². The van der Waals surface area contributed by atoms with Crippen molar-refractivity contribution in [3.63, 3.8) is 0 Å². The molecule has 0 saturated carbocycles. The molecule has 1 fully saturated rings. The fourth-order valence-corrected chi connectivity index (χ4v) is 4.87. The minimum atomic E-state index is -3.63. The van der Waals surface area contributed by atoms with Crippen LogP contribution in [0.5, 0.6) is 0 Å². The van der Waals surface area contributed by atoms with Gasteiger partial charge in [-0.15, -0.1) is 0 Å². The summed E-state index contributed by atoms with van der Waals surface area (Å²) in [6.07, 6.45) is 1.50. The second-order valence-corrected chi connectivity index (χ2v) is 8.97. The first-order valence-corrected chi connectivity index (χ1v) is 11.5. The fraction of sp³-hybridized carbons (Fsp3) is 0.381. The molecule has 3 rings (SSSR count). The first kappa shape index (κ1) is 21.1. The SMILES string of the molecule is CC[C@H](C(=O)N1CCN(c2ccc(F)cc2)CC1)N(c1ccccc1)S(C)(=O)=O. The maximum absolute atomic E-state index is 13.2. The molecule has 0 unspecified atom stereocenters. The summed E-state index contributed by atoms with van der Waals surface area (Å²) in [6.45, 7) is 4.01. The van der Waals surface area contributed by atoms with E-state index in [1.54, 1.807) is 47.4 Å². The van der Waals surface area contributed by atoms with Gasteiger partial charge in [-0.2, -0.15) is 0 Å². The van der Waals surface area contributed by atoms with Gasteiger partial charge < -0.3 is 9.80 Å². The van der Waals surface area contributed by atoms with Crippen LogP contribution in [0.4, 0.5) is 15.8 Å². The van der Waals surface area contributed by atoms with Gasteiger partial charge in [0.15, 0.2) is 0 Å². The molecule has 8 heteroatoms. The van der Waals surface area contributed by atoms with Crippen LogP contribution in [-0.2, 0) is 14.8 Å². The molecule has 1 heterocycles. The van der Waals surface area contributed by atoms with Crippen LogP contribution in [0.2, 0.25) is 0 Å². The van der Waals surface area contributed by atoms with E-state index in [2.05, 4.69) is 4.90 Å². The lowest BCUT2D eigenvalue weighted by Crippen LogP contribution is -2.56. The molecular weight excluding hydrogens is 393 g/mol. The molecule has 29 heavy (non-hydrogen) atoms. The number of nitrogens with zero attached hydrogens (tertiary/aromatic N) is 3. The van der Waals surface area contributed by atoms with Gasteiger partial charge in [-0.25, -0.2) is 12.8 Å². The van der Waals surface area contributed by atoms with E-state index in [0.717, 1.165) is 11.9 Å². The maximum Gasteiger partial charge on any atom is 0.246 e. The van der Waals surface area contributed by atoms with Crippen molar-refractivity contribution in [2.75, 3.05) is 41.6 Å². The summed E-state index contributed by atoms with van der Waals surface area (Å²) in [5.41, 5.74) is 1.40. The standard InChI is InChI=1S/C21H26FN3O3S/c1-3-20(25(29(2,27)28)19-7-5-4-6-8-19)21(26)24-15-13-23(14-16-24)18-11-9-17(22)10-12-18/h4-12,20H,3,13-16H2,1-2H3/t20-/m1/s1. The third kappa shape index (κ3) is 4.87. The highest BCUT2D eigenvalue weighted by atomic mass is 32.2. The van der Waals surface area contributed by atoms with Gasteiger partial charge in [-0.3, -0.25) is 9.10 Å². The lowest BCUT2D eigenvalue weighted by atomic mass is 10.1. The molecule has 1 saturated heterocycles. The van der Waals surface area contributed by atoms with Crippen LogP contribution in [0.25, 0.3) is 0 Å². The van der Waals surface area contributed by atoms with E-state index in [-0.39, 0.29) is 11.7 Å². The van der Waals surface area contributed by atoms with Crippen LogP contribution in [0.3, 0.4) is 0 Å². The summed E-state index contributed by atoms with van der Waals surface area (Å²) in [4.78, 5) is 17.0. The van der Waals surface area contributed by atoms with Crippen LogP contribution in [0.1, 0.15) is 13.3 Å². The topological polar surface area (TPSA) is 60.9 Å². The number of benzene rings is 2. The molecule has 156 valence electrons. The quantitative estimate of drug-likeness (QED) is 0.722. The van der Waals surface area contributed by atoms with Crippen LogP contribution < -0.4 is 9.21 Å². The zero-order valence-electron chi connectivity index (χ0n) is 16.7. The minimum absolute atomic E-state index is 0.194. The molecule has 1 atom stereocenters. The van der Waals surface area contributed by atoms with Crippen molar-refractivity contribution in [1.29, 1.82) is 0 Å². The van der Waals surface area contributed by atoms with Gasteiger partial charge in [0.2, 0.25) is 15.9 Å². The largest absolute Gasteiger partial charge is 0.368 e. The molecule has 0 aromatic heterocycles. The predicted molar refractivity (Wildman–Crippen MR) is 113 cm³/mol. The maximum atomic E-state index is 13.2. The number of carbonyl (C=O) groups excluding carboxylic acids is 1. The number of hydrogen-bond acceptors (Lipinski definition) is 4. The number of sulfonamides is 1. The number of halogens is 1. The van der Waals surface area contributed by atoms with Gasteiger partial charge in [0.05, 0.1) is 11.9 Å². The lowest BCUT2D eigenvalue weighted by Gasteiger charge is -2.39. The Morgan fingerprint density at radius 3 is 2.14 bits per heavy atom. The molecule has 1 aliphatic heterocycles. The van der Waals surface area contributed by atoms with Crippen molar-refractivity contribution in [3.8, 4) is 0 Å². The average molecular weight is 420 g/mol. The third-order valence-corrected chi connectivity index (χ3v) is 6.29. The van der Waals surface area contributed by atoms with Gasteiger partial charge in [0.1, 0.15) is 11.9 Å². The van der Waals surface area contributed by atoms with E-state index in [1.807, 2.05) is 6.92 Å². The van der Waals surface area contributed by atoms with Crippen molar-refractivity contribution in [1.82, 2.24) is 4.90 Å². The monoisotopic (exact) mass is 419 g/mol. The van der Waals surface area contributed by atoms with Gasteiger partial charge in [-0.1, -0.05) is 25.1 Å². The normalized spacial score (nSPS) is 15.8. The highest BCUT2D eigenvalue weighted by molar-refractivity contribution is 7.92. The highest BCUT2D eigenvalue weighted by Gasteiger charge is 2.35. The Bertz CT molecular complexity index is 927. The summed E-state index contributed by atoms with van der Waals surface area (Å²) in [5, 5.41) is 0. The van der Waals surface area contributed by atoms with Gasteiger partial charge in [-0.05, 0) is 42.8 Å². The Balaban J connectivity index is 1.75. The smallest absolute Gasteiger partial charge is 0.246 e. The Morgan fingerprint density at radius 2 is 1.62 bits per heavy atom. The number of anilines is 2. The van der Waals surface area contributed by atoms with Gasteiger partial charge in [0.25, 0.3) is 0 Å². The van der Waals surface area contributed by atoms with Crippen LogP contribution in [0, 0.1) is 5.82 Å². The van der Waals surface area contributed by atoms with E-state index in [0.29, 0.717) is 38.3 Å². The summed E-state index contributed by atoms with van der Waals surface area (Å²) >= 11 is 0. The number of carbonyl (C=O) groups is 1. The van der Waals surface area contributed by atoms with E-state index < -0.39 is 16.1 Å². The predicted octanol–water partition coefficient (Wildman–Crippen LogP) is 2.72.